The average molecular weight is 193 g/mol. The summed E-state index contributed by atoms with van der Waals surface area (Å²) >= 11 is 5.51. The van der Waals surface area contributed by atoms with E-state index in [-0.39, 0.29) is 5.97 Å². The van der Waals surface area contributed by atoms with E-state index in [1.54, 1.807) is 6.92 Å². The molecule has 0 fully saturated rings. The Morgan fingerprint density at radius 3 is 2.83 bits per heavy atom. The molecule has 0 rings (SSSR count). The molecule has 3 nitrogen and oxygen atoms in total. The summed E-state index contributed by atoms with van der Waals surface area (Å²) in [5, 5.41) is -0.473. The molecule has 0 spiro atoms. The van der Waals surface area contributed by atoms with Crippen molar-refractivity contribution < 1.29 is 14.3 Å². The Morgan fingerprint density at radius 2 is 2.33 bits per heavy atom. The van der Waals surface area contributed by atoms with Crippen LogP contribution in [0, 0.1) is 0 Å². The normalized spacial score (nSPS) is 12.2. The van der Waals surface area contributed by atoms with Gasteiger partial charge >= 0.3 is 5.97 Å². The van der Waals surface area contributed by atoms with Crippen molar-refractivity contribution >= 4 is 23.9 Å². The third-order valence-corrected chi connectivity index (χ3v) is 1.63. The van der Waals surface area contributed by atoms with E-state index in [9.17, 15) is 9.59 Å². The molecule has 0 aromatic heterocycles. The highest BCUT2D eigenvalue weighted by atomic mass is 35.5. The van der Waals surface area contributed by atoms with Gasteiger partial charge < -0.3 is 9.53 Å². The summed E-state index contributed by atoms with van der Waals surface area (Å²) in [7, 11) is 0. The van der Waals surface area contributed by atoms with E-state index in [0.29, 0.717) is 32.2 Å². The van der Waals surface area contributed by atoms with Crippen LogP contribution in [0.3, 0.4) is 0 Å². The Kier molecular flexibility index (Phi) is 6.76. The molecule has 0 radical (unpaired) electrons. The van der Waals surface area contributed by atoms with E-state index in [0.717, 1.165) is 0 Å². The van der Waals surface area contributed by atoms with Crippen molar-refractivity contribution in [3.63, 3.8) is 0 Å². The predicted octanol–water partition coefficient (Wildman–Crippen LogP) is 1.53. The summed E-state index contributed by atoms with van der Waals surface area (Å²) < 4.78 is 4.69. The number of hydrogen-bond donors (Lipinski definition) is 0. The van der Waals surface area contributed by atoms with Crippen LogP contribution in [0.4, 0.5) is 0 Å². The maximum Gasteiger partial charge on any atom is 0.305 e. The van der Waals surface area contributed by atoms with Gasteiger partial charge in [-0.1, -0.05) is 0 Å². The number of rotatable bonds is 6. The second-order valence-electron chi connectivity index (χ2n) is 2.35. The van der Waals surface area contributed by atoms with Crippen molar-refractivity contribution in [2.24, 2.45) is 0 Å². The summed E-state index contributed by atoms with van der Waals surface area (Å²) in [6, 6.07) is 0. The Morgan fingerprint density at radius 1 is 1.67 bits per heavy atom. The SMILES string of the molecule is CCOC(=O)CCC[C@H](Cl)C=O. The number of carbonyl (C=O) groups excluding carboxylic acids is 2. The van der Waals surface area contributed by atoms with Crippen molar-refractivity contribution in [3.05, 3.63) is 0 Å². The van der Waals surface area contributed by atoms with E-state index in [1.165, 1.54) is 0 Å². The monoisotopic (exact) mass is 192 g/mol. The average Bonchev–Trinajstić information content (AvgIpc) is 2.04. The van der Waals surface area contributed by atoms with Gasteiger partial charge in [-0.3, -0.25) is 4.79 Å². The third-order valence-electron chi connectivity index (χ3n) is 1.31. The molecule has 1 atom stereocenters. The summed E-state index contributed by atoms with van der Waals surface area (Å²) in [5.41, 5.74) is 0. The molecule has 0 N–H and O–H groups in total. The van der Waals surface area contributed by atoms with Crippen LogP contribution in [0.2, 0.25) is 0 Å². The van der Waals surface area contributed by atoms with Gasteiger partial charge in [0, 0.05) is 6.42 Å². The fraction of sp³-hybridized carbons (Fsp3) is 0.750. The summed E-state index contributed by atoms with van der Waals surface area (Å²) in [6.45, 7) is 2.16. The van der Waals surface area contributed by atoms with Gasteiger partial charge in [0.15, 0.2) is 0 Å². The zero-order chi connectivity index (χ0) is 9.40. The molecule has 0 aliphatic rings. The number of halogens is 1. The van der Waals surface area contributed by atoms with Gasteiger partial charge in [0.25, 0.3) is 0 Å². The molecule has 0 aromatic rings. The van der Waals surface area contributed by atoms with E-state index in [4.69, 9.17) is 11.6 Å². The maximum atomic E-state index is 10.8. The first-order valence-electron chi connectivity index (χ1n) is 3.95. The quantitative estimate of drug-likeness (QED) is 0.364. The number of hydrogen-bond acceptors (Lipinski definition) is 3. The van der Waals surface area contributed by atoms with Crippen molar-refractivity contribution in [1.82, 2.24) is 0 Å². The molecule has 0 amide bonds. The van der Waals surface area contributed by atoms with E-state index in [2.05, 4.69) is 4.74 Å². The van der Waals surface area contributed by atoms with Crippen LogP contribution < -0.4 is 0 Å². The van der Waals surface area contributed by atoms with Crippen molar-refractivity contribution in [2.45, 2.75) is 31.6 Å². The smallest absolute Gasteiger partial charge is 0.305 e. The van der Waals surface area contributed by atoms with Crippen molar-refractivity contribution in [3.8, 4) is 0 Å². The molecular formula is C8H13ClO3. The highest BCUT2D eigenvalue weighted by Gasteiger charge is 2.05. The van der Waals surface area contributed by atoms with Crippen LogP contribution in [0.1, 0.15) is 26.2 Å². The van der Waals surface area contributed by atoms with Crippen LogP contribution in [0.15, 0.2) is 0 Å². The lowest BCUT2D eigenvalue weighted by atomic mass is 10.2. The Labute approximate surface area is 77.0 Å². The van der Waals surface area contributed by atoms with Gasteiger partial charge in [-0.25, -0.2) is 0 Å². The number of carbonyl (C=O) groups is 2. The minimum atomic E-state index is -0.473. The lowest BCUT2D eigenvalue weighted by Gasteiger charge is -2.01. The molecule has 0 heterocycles. The van der Waals surface area contributed by atoms with Gasteiger partial charge in [-0.2, -0.15) is 0 Å². The molecule has 0 saturated heterocycles. The van der Waals surface area contributed by atoms with E-state index >= 15 is 0 Å². The van der Waals surface area contributed by atoms with E-state index in [1.807, 2.05) is 0 Å². The third kappa shape index (κ3) is 6.16. The van der Waals surface area contributed by atoms with Crippen LogP contribution in [-0.4, -0.2) is 24.2 Å². The topological polar surface area (TPSA) is 43.4 Å². The van der Waals surface area contributed by atoms with Crippen LogP contribution in [0.25, 0.3) is 0 Å². The highest BCUT2D eigenvalue weighted by molar-refractivity contribution is 6.27. The summed E-state index contributed by atoms with van der Waals surface area (Å²) in [5.74, 6) is -0.229. The first-order valence-corrected chi connectivity index (χ1v) is 4.39. The van der Waals surface area contributed by atoms with Gasteiger partial charge in [0.1, 0.15) is 6.29 Å². The molecule has 0 aliphatic carbocycles. The van der Waals surface area contributed by atoms with Crippen molar-refractivity contribution in [2.75, 3.05) is 6.61 Å². The number of aldehydes is 1. The van der Waals surface area contributed by atoms with Crippen LogP contribution >= 0.6 is 11.6 Å². The molecule has 0 saturated carbocycles. The summed E-state index contributed by atoms with van der Waals surface area (Å²) in [4.78, 5) is 20.8. The van der Waals surface area contributed by atoms with Crippen LogP contribution in [0.5, 0.6) is 0 Å². The molecule has 0 aliphatic heterocycles. The van der Waals surface area contributed by atoms with Gasteiger partial charge in [0.05, 0.1) is 12.0 Å². The van der Waals surface area contributed by atoms with Crippen LogP contribution in [-0.2, 0) is 14.3 Å². The molecule has 0 unspecified atom stereocenters. The molecule has 70 valence electrons. The maximum absolute atomic E-state index is 10.8. The van der Waals surface area contributed by atoms with Crippen molar-refractivity contribution in [1.29, 1.82) is 0 Å². The predicted molar refractivity (Wildman–Crippen MR) is 46.2 cm³/mol. The molecular weight excluding hydrogens is 180 g/mol. The lowest BCUT2D eigenvalue weighted by Crippen LogP contribution is -2.06. The second kappa shape index (κ2) is 7.10. The molecule has 0 bridgehead atoms. The lowest BCUT2D eigenvalue weighted by molar-refractivity contribution is -0.143. The van der Waals surface area contributed by atoms with Gasteiger partial charge in [-0.15, -0.1) is 11.6 Å². The number of alkyl halides is 1. The minimum Gasteiger partial charge on any atom is -0.466 e. The summed E-state index contributed by atoms with van der Waals surface area (Å²) in [6.07, 6.45) is 2.15. The Hall–Kier alpha value is -0.570. The first-order chi connectivity index (χ1) is 5.70. The molecule has 4 heteroatoms. The minimum absolute atomic E-state index is 0.229. The standard InChI is InChI=1S/C8H13ClO3/c1-2-12-8(11)5-3-4-7(9)6-10/h6-7H,2-5H2,1H3/t7-/m0/s1. The largest absolute Gasteiger partial charge is 0.466 e. The number of ether oxygens (including phenoxy) is 1. The fourth-order valence-electron chi connectivity index (χ4n) is 0.743. The van der Waals surface area contributed by atoms with E-state index < -0.39 is 5.38 Å². The number of esters is 1. The second-order valence-corrected chi connectivity index (χ2v) is 2.91. The highest BCUT2D eigenvalue weighted by Crippen LogP contribution is 2.05. The Bertz CT molecular complexity index is 147. The molecule has 12 heavy (non-hydrogen) atoms. The van der Waals surface area contributed by atoms with Gasteiger partial charge in [0.2, 0.25) is 0 Å². The zero-order valence-corrected chi connectivity index (χ0v) is 7.84. The first kappa shape index (κ1) is 11.4. The zero-order valence-electron chi connectivity index (χ0n) is 7.09. The van der Waals surface area contributed by atoms with Gasteiger partial charge in [-0.05, 0) is 19.8 Å². The molecule has 0 aromatic carbocycles. The Balaban J connectivity index is 3.30. The fourth-order valence-corrected chi connectivity index (χ4v) is 0.897.